The summed E-state index contributed by atoms with van der Waals surface area (Å²) in [5.41, 5.74) is 0.774. The normalized spacial score (nSPS) is 17.0. The van der Waals surface area contributed by atoms with Crippen molar-refractivity contribution in [2.24, 2.45) is 5.92 Å². The molecule has 7 nitrogen and oxygen atoms in total. The number of likely N-dealkylation sites (tertiary alicyclic amines) is 1. The first-order valence-corrected chi connectivity index (χ1v) is 10.7. The van der Waals surface area contributed by atoms with Crippen LogP contribution in [0.3, 0.4) is 0 Å². The van der Waals surface area contributed by atoms with Crippen molar-refractivity contribution in [3.63, 3.8) is 0 Å². The Kier molecular flexibility index (Phi) is 6.22. The predicted molar refractivity (Wildman–Crippen MR) is 110 cm³/mol. The van der Waals surface area contributed by atoms with Crippen molar-refractivity contribution < 1.29 is 9.53 Å². The van der Waals surface area contributed by atoms with Gasteiger partial charge in [-0.05, 0) is 50.2 Å². The highest BCUT2D eigenvalue weighted by Crippen LogP contribution is 2.28. The van der Waals surface area contributed by atoms with E-state index in [1.807, 2.05) is 29.2 Å². The fraction of sp³-hybridized carbons (Fsp3) is 0.545. The third-order valence-electron chi connectivity index (χ3n) is 5.87. The van der Waals surface area contributed by atoms with Crippen molar-refractivity contribution >= 4 is 5.91 Å². The van der Waals surface area contributed by atoms with Crippen LogP contribution in [-0.2, 0) is 11.2 Å². The molecule has 0 unspecified atom stereocenters. The monoisotopic (exact) mass is 396 g/mol. The van der Waals surface area contributed by atoms with Crippen LogP contribution >= 0.6 is 0 Å². The molecule has 29 heavy (non-hydrogen) atoms. The van der Waals surface area contributed by atoms with Gasteiger partial charge in [-0.1, -0.05) is 18.6 Å². The van der Waals surface area contributed by atoms with Gasteiger partial charge in [-0.25, -0.2) is 0 Å². The van der Waals surface area contributed by atoms with Crippen molar-refractivity contribution in [2.75, 3.05) is 19.7 Å². The van der Waals surface area contributed by atoms with E-state index in [1.165, 1.54) is 25.7 Å². The molecule has 4 rings (SSSR count). The second-order valence-corrected chi connectivity index (χ2v) is 8.03. The lowest BCUT2D eigenvalue weighted by molar-refractivity contribution is -0.132. The standard InChI is InChI=1S/C22H28N4O3/c27-20(26-12-2-1-3-13-26)11-10-19-22(28)23-21(25-24-19)17-8-5-9-18(14-17)29-15-16-6-4-7-16/h5,8-9,14,16H,1-4,6-7,10-13,15H2,(H,23,25,28). The minimum atomic E-state index is -0.290. The van der Waals surface area contributed by atoms with Gasteiger partial charge < -0.3 is 14.6 Å². The van der Waals surface area contributed by atoms with Crippen LogP contribution in [0.2, 0.25) is 0 Å². The number of H-pyrrole nitrogens is 1. The number of nitrogens with zero attached hydrogens (tertiary/aromatic N) is 3. The van der Waals surface area contributed by atoms with E-state index in [0.717, 1.165) is 43.9 Å². The van der Waals surface area contributed by atoms with Crippen LogP contribution in [0.5, 0.6) is 5.75 Å². The molecule has 0 spiro atoms. The molecule has 1 saturated heterocycles. The lowest BCUT2D eigenvalue weighted by atomic mass is 9.86. The number of aryl methyl sites for hydroxylation is 1. The Bertz CT molecular complexity index is 901. The Balaban J connectivity index is 1.37. The van der Waals surface area contributed by atoms with E-state index in [1.54, 1.807) is 0 Å². The predicted octanol–water partition coefficient (Wildman–Crippen LogP) is 2.96. The van der Waals surface area contributed by atoms with Crippen molar-refractivity contribution in [2.45, 2.75) is 51.4 Å². The van der Waals surface area contributed by atoms with Crippen molar-refractivity contribution in [3.05, 3.63) is 40.3 Å². The summed E-state index contributed by atoms with van der Waals surface area (Å²) in [4.78, 5) is 29.4. The highest BCUT2D eigenvalue weighted by atomic mass is 16.5. The summed E-state index contributed by atoms with van der Waals surface area (Å²) in [5, 5.41) is 8.27. The van der Waals surface area contributed by atoms with Crippen molar-refractivity contribution in [1.82, 2.24) is 20.1 Å². The zero-order valence-electron chi connectivity index (χ0n) is 16.7. The fourth-order valence-corrected chi connectivity index (χ4v) is 3.79. The molecule has 1 aliphatic heterocycles. The number of aromatic nitrogens is 3. The number of piperidine rings is 1. The molecule has 154 valence electrons. The summed E-state index contributed by atoms with van der Waals surface area (Å²) < 4.78 is 5.87. The topological polar surface area (TPSA) is 88.2 Å². The molecule has 1 N–H and O–H groups in total. The van der Waals surface area contributed by atoms with Crippen LogP contribution in [0.25, 0.3) is 11.4 Å². The average molecular weight is 396 g/mol. The van der Waals surface area contributed by atoms with Gasteiger partial charge in [0.1, 0.15) is 11.4 Å². The highest BCUT2D eigenvalue weighted by molar-refractivity contribution is 5.76. The van der Waals surface area contributed by atoms with Crippen molar-refractivity contribution in [3.8, 4) is 17.1 Å². The summed E-state index contributed by atoms with van der Waals surface area (Å²) >= 11 is 0. The molecule has 2 aromatic rings. The van der Waals surface area contributed by atoms with E-state index in [0.29, 0.717) is 30.3 Å². The van der Waals surface area contributed by atoms with Crippen LogP contribution in [0, 0.1) is 5.92 Å². The summed E-state index contributed by atoms with van der Waals surface area (Å²) in [5.74, 6) is 1.93. The SMILES string of the molecule is O=C(CCc1nnc(-c2cccc(OCC3CCC3)c2)[nH]c1=O)N1CCCCC1. The lowest BCUT2D eigenvalue weighted by Crippen LogP contribution is -2.36. The number of carbonyl (C=O) groups is 1. The first-order chi connectivity index (χ1) is 14.2. The van der Waals surface area contributed by atoms with E-state index in [2.05, 4.69) is 15.2 Å². The number of rotatable bonds is 7. The highest BCUT2D eigenvalue weighted by Gasteiger charge is 2.19. The number of hydrogen-bond acceptors (Lipinski definition) is 5. The van der Waals surface area contributed by atoms with E-state index < -0.39 is 0 Å². The maximum Gasteiger partial charge on any atom is 0.273 e. The molecular weight excluding hydrogens is 368 g/mol. The molecule has 1 aliphatic carbocycles. The molecule has 1 aromatic carbocycles. The molecule has 2 aliphatic rings. The van der Waals surface area contributed by atoms with Crippen LogP contribution in [-0.4, -0.2) is 45.7 Å². The number of benzene rings is 1. The third kappa shape index (κ3) is 5.02. The second kappa shape index (κ2) is 9.20. The third-order valence-corrected chi connectivity index (χ3v) is 5.87. The molecule has 7 heteroatoms. The molecule has 2 heterocycles. The Hall–Kier alpha value is -2.70. The van der Waals surface area contributed by atoms with Gasteiger partial charge in [0.15, 0.2) is 5.82 Å². The number of nitrogens with one attached hydrogen (secondary N) is 1. The molecule has 1 aromatic heterocycles. The number of ether oxygens (including phenoxy) is 1. The zero-order valence-corrected chi connectivity index (χ0v) is 16.7. The molecule has 0 bridgehead atoms. The van der Waals surface area contributed by atoms with Gasteiger partial charge in [-0.3, -0.25) is 9.59 Å². The first-order valence-electron chi connectivity index (χ1n) is 10.7. The van der Waals surface area contributed by atoms with Crippen LogP contribution < -0.4 is 10.3 Å². The number of amides is 1. The van der Waals surface area contributed by atoms with E-state index in [4.69, 9.17) is 4.74 Å². The summed E-state index contributed by atoms with van der Waals surface area (Å²) in [6.45, 7) is 2.37. The minimum absolute atomic E-state index is 0.0892. The van der Waals surface area contributed by atoms with E-state index in [-0.39, 0.29) is 11.5 Å². The van der Waals surface area contributed by atoms with Gasteiger partial charge in [0, 0.05) is 31.5 Å². The largest absolute Gasteiger partial charge is 0.493 e. The first kappa shape index (κ1) is 19.6. The summed E-state index contributed by atoms with van der Waals surface area (Å²) in [7, 11) is 0. The van der Waals surface area contributed by atoms with Gasteiger partial charge in [0.25, 0.3) is 5.56 Å². The maximum absolute atomic E-state index is 12.4. The number of aromatic amines is 1. The quantitative estimate of drug-likeness (QED) is 0.777. The van der Waals surface area contributed by atoms with Gasteiger partial charge >= 0.3 is 0 Å². The second-order valence-electron chi connectivity index (χ2n) is 8.03. The molecule has 0 atom stereocenters. The van der Waals surface area contributed by atoms with Crippen LogP contribution in [0.15, 0.2) is 29.1 Å². The molecule has 2 fully saturated rings. The molecular formula is C22H28N4O3. The molecule has 1 saturated carbocycles. The van der Waals surface area contributed by atoms with Gasteiger partial charge in [0.2, 0.25) is 5.91 Å². The molecule has 1 amide bonds. The van der Waals surface area contributed by atoms with E-state index in [9.17, 15) is 9.59 Å². The smallest absolute Gasteiger partial charge is 0.273 e. The average Bonchev–Trinajstić information content (AvgIpc) is 2.72. The Morgan fingerprint density at radius 2 is 1.97 bits per heavy atom. The van der Waals surface area contributed by atoms with Crippen molar-refractivity contribution in [1.29, 1.82) is 0 Å². The Morgan fingerprint density at radius 3 is 2.69 bits per heavy atom. The summed E-state index contributed by atoms with van der Waals surface area (Å²) in [6, 6.07) is 7.54. The van der Waals surface area contributed by atoms with Gasteiger partial charge in [0.05, 0.1) is 6.61 Å². The van der Waals surface area contributed by atoms with Crippen LogP contribution in [0.4, 0.5) is 0 Å². The Morgan fingerprint density at radius 1 is 1.14 bits per heavy atom. The maximum atomic E-state index is 12.4. The minimum Gasteiger partial charge on any atom is -0.493 e. The number of hydrogen-bond donors (Lipinski definition) is 1. The van der Waals surface area contributed by atoms with Gasteiger partial charge in [-0.2, -0.15) is 0 Å². The Labute approximate surface area is 170 Å². The zero-order chi connectivity index (χ0) is 20.1. The fourth-order valence-electron chi connectivity index (χ4n) is 3.79. The van der Waals surface area contributed by atoms with Gasteiger partial charge in [-0.15, -0.1) is 10.2 Å². The lowest BCUT2D eigenvalue weighted by Gasteiger charge is -2.26. The molecule has 0 radical (unpaired) electrons. The number of carbonyl (C=O) groups excluding carboxylic acids is 1. The van der Waals surface area contributed by atoms with Crippen LogP contribution in [0.1, 0.15) is 50.6 Å². The summed E-state index contributed by atoms with van der Waals surface area (Å²) in [6.07, 6.45) is 7.67. The van der Waals surface area contributed by atoms with E-state index >= 15 is 0 Å².